The molecule has 0 aromatic carbocycles. The number of rotatable bonds is 3. The van der Waals surface area contributed by atoms with Gasteiger partial charge in [-0.3, -0.25) is 4.79 Å². The minimum absolute atomic E-state index is 0. The van der Waals surface area contributed by atoms with Crippen LogP contribution in [-0.2, 0) is 4.79 Å². The summed E-state index contributed by atoms with van der Waals surface area (Å²) in [5, 5.41) is 5.62. The topological polar surface area (TPSA) is 67.2 Å². The zero-order valence-corrected chi connectivity index (χ0v) is 8.94. The third-order valence-electron chi connectivity index (χ3n) is 2.10. The Labute approximate surface area is 89.2 Å². The van der Waals surface area contributed by atoms with Crippen LogP contribution in [0.25, 0.3) is 0 Å². The van der Waals surface area contributed by atoms with Gasteiger partial charge in [0.25, 0.3) is 0 Å². The van der Waals surface area contributed by atoms with Crippen LogP contribution in [-0.4, -0.2) is 37.3 Å². The summed E-state index contributed by atoms with van der Waals surface area (Å²) in [5.74, 6) is -0.191. The van der Waals surface area contributed by atoms with Crippen molar-refractivity contribution < 1.29 is 9.18 Å². The quantitative estimate of drug-likeness (QED) is 0.611. The van der Waals surface area contributed by atoms with E-state index in [1.165, 1.54) is 0 Å². The first kappa shape index (κ1) is 13.6. The number of nitrogens with two attached hydrogens (primary N) is 1. The van der Waals surface area contributed by atoms with E-state index in [2.05, 4.69) is 10.6 Å². The molecule has 84 valence electrons. The Kier molecular flexibility index (Phi) is 5.99. The van der Waals surface area contributed by atoms with Crippen LogP contribution in [0.4, 0.5) is 4.39 Å². The maximum Gasteiger partial charge on any atom is 0.236 e. The van der Waals surface area contributed by atoms with Crippen LogP contribution in [0.3, 0.4) is 0 Å². The molecule has 1 saturated heterocycles. The Balaban J connectivity index is 0.00000169. The Morgan fingerprint density at radius 3 is 2.86 bits per heavy atom. The van der Waals surface area contributed by atoms with Gasteiger partial charge in [-0.15, -0.1) is 12.4 Å². The maximum atomic E-state index is 12.7. The largest absolute Gasteiger partial charge is 0.353 e. The molecule has 14 heavy (non-hydrogen) atoms. The zero-order valence-electron chi connectivity index (χ0n) is 8.13. The number of carbonyl (C=O) groups excluding carboxylic acids is 1. The number of nitrogens with one attached hydrogen (secondary N) is 2. The van der Waals surface area contributed by atoms with E-state index in [9.17, 15) is 9.18 Å². The van der Waals surface area contributed by atoms with E-state index in [0.29, 0.717) is 19.5 Å². The Hall–Kier alpha value is -0.390. The molecule has 0 bridgehead atoms. The molecule has 3 atom stereocenters. The van der Waals surface area contributed by atoms with E-state index in [-0.39, 0.29) is 24.4 Å². The summed E-state index contributed by atoms with van der Waals surface area (Å²) in [7, 11) is 0. The van der Waals surface area contributed by atoms with E-state index in [0.717, 1.165) is 0 Å². The van der Waals surface area contributed by atoms with E-state index in [1.54, 1.807) is 6.92 Å². The van der Waals surface area contributed by atoms with Crippen LogP contribution in [0, 0.1) is 0 Å². The highest BCUT2D eigenvalue weighted by Gasteiger charge is 2.23. The summed E-state index contributed by atoms with van der Waals surface area (Å²) >= 11 is 0. The van der Waals surface area contributed by atoms with Gasteiger partial charge in [0.2, 0.25) is 5.91 Å². The normalized spacial score (nSPS) is 27.9. The van der Waals surface area contributed by atoms with E-state index in [4.69, 9.17) is 5.73 Å². The lowest BCUT2D eigenvalue weighted by atomic mass is 10.2. The molecule has 0 spiro atoms. The Morgan fingerprint density at radius 1 is 1.79 bits per heavy atom. The number of hydrogen-bond acceptors (Lipinski definition) is 3. The highest BCUT2D eigenvalue weighted by atomic mass is 35.5. The van der Waals surface area contributed by atoms with Gasteiger partial charge < -0.3 is 16.4 Å². The van der Waals surface area contributed by atoms with Crippen LogP contribution < -0.4 is 16.4 Å². The molecule has 1 amide bonds. The molecule has 0 saturated carbocycles. The monoisotopic (exact) mass is 225 g/mol. The average molecular weight is 226 g/mol. The van der Waals surface area contributed by atoms with Crippen LogP contribution >= 0.6 is 12.4 Å². The van der Waals surface area contributed by atoms with Crippen molar-refractivity contribution in [2.45, 2.75) is 31.6 Å². The van der Waals surface area contributed by atoms with Crippen molar-refractivity contribution >= 4 is 18.3 Å². The standard InChI is InChI=1S/C8H16FN3O.ClH/c1-5(10)8(13)12-4-7-2-6(9)3-11-7;/h5-7,11H,2-4,10H2,1H3,(H,12,13);1H/t5-,6-,7-;/m0./s1. The van der Waals surface area contributed by atoms with Crippen molar-refractivity contribution in [2.75, 3.05) is 13.1 Å². The van der Waals surface area contributed by atoms with Gasteiger partial charge in [0.05, 0.1) is 6.04 Å². The summed E-state index contributed by atoms with van der Waals surface area (Å²) in [4.78, 5) is 11.0. The summed E-state index contributed by atoms with van der Waals surface area (Å²) in [6.07, 6.45) is -0.309. The molecule has 0 unspecified atom stereocenters. The lowest BCUT2D eigenvalue weighted by molar-refractivity contribution is -0.122. The second kappa shape index (κ2) is 6.16. The van der Waals surface area contributed by atoms with Gasteiger partial charge in [-0.2, -0.15) is 0 Å². The first-order valence-electron chi connectivity index (χ1n) is 4.50. The molecule has 0 aromatic rings. The average Bonchev–Trinajstić information content (AvgIpc) is 2.47. The lowest BCUT2D eigenvalue weighted by Gasteiger charge is -2.12. The van der Waals surface area contributed by atoms with Gasteiger partial charge in [-0.25, -0.2) is 4.39 Å². The van der Waals surface area contributed by atoms with Crippen LogP contribution in [0.2, 0.25) is 0 Å². The second-order valence-electron chi connectivity index (χ2n) is 3.47. The molecular weight excluding hydrogens is 209 g/mol. The van der Waals surface area contributed by atoms with Crippen LogP contribution in [0.15, 0.2) is 0 Å². The van der Waals surface area contributed by atoms with E-state index >= 15 is 0 Å². The predicted octanol–water partition coefficient (Wildman–Crippen LogP) is -0.428. The number of alkyl halides is 1. The van der Waals surface area contributed by atoms with E-state index in [1.807, 2.05) is 0 Å². The molecule has 1 heterocycles. The highest BCUT2D eigenvalue weighted by molar-refractivity contribution is 5.85. The predicted molar refractivity (Wildman–Crippen MR) is 55.2 cm³/mol. The van der Waals surface area contributed by atoms with Crippen molar-refractivity contribution in [1.82, 2.24) is 10.6 Å². The van der Waals surface area contributed by atoms with Crippen LogP contribution in [0.1, 0.15) is 13.3 Å². The van der Waals surface area contributed by atoms with Crippen molar-refractivity contribution in [3.8, 4) is 0 Å². The third kappa shape index (κ3) is 4.21. The van der Waals surface area contributed by atoms with E-state index < -0.39 is 12.2 Å². The summed E-state index contributed by atoms with van der Waals surface area (Å²) in [6, 6.07) is -0.444. The smallest absolute Gasteiger partial charge is 0.236 e. The van der Waals surface area contributed by atoms with Gasteiger partial charge in [0.15, 0.2) is 0 Å². The number of carbonyl (C=O) groups is 1. The fourth-order valence-electron chi connectivity index (χ4n) is 1.31. The van der Waals surface area contributed by atoms with Crippen molar-refractivity contribution in [1.29, 1.82) is 0 Å². The Morgan fingerprint density at radius 2 is 2.43 bits per heavy atom. The minimum Gasteiger partial charge on any atom is -0.353 e. The van der Waals surface area contributed by atoms with Crippen molar-refractivity contribution in [3.05, 3.63) is 0 Å². The first-order valence-corrected chi connectivity index (χ1v) is 4.50. The number of hydrogen-bond donors (Lipinski definition) is 3. The molecule has 0 aliphatic carbocycles. The number of amides is 1. The molecule has 1 aliphatic heterocycles. The molecule has 1 fully saturated rings. The number of halogens is 2. The third-order valence-corrected chi connectivity index (χ3v) is 2.10. The molecule has 6 heteroatoms. The van der Waals surface area contributed by atoms with Crippen LogP contribution in [0.5, 0.6) is 0 Å². The molecule has 0 aromatic heterocycles. The van der Waals surface area contributed by atoms with Crippen molar-refractivity contribution in [3.63, 3.8) is 0 Å². The Bertz CT molecular complexity index is 191. The maximum absolute atomic E-state index is 12.7. The molecule has 1 aliphatic rings. The molecule has 0 radical (unpaired) electrons. The van der Waals surface area contributed by atoms with Gasteiger partial charge in [-0.05, 0) is 13.3 Å². The van der Waals surface area contributed by atoms with Gasteiger partial charge in [0.1, 0.15) is 6.17 Å². The van der Waals surface area contributed by atoms with Crippen molar-refractivity contribution in [2.24, 2.45) is 5.73 Å². The summed E-state index contributed by atoms with van der Waals surface area (Å²) in [5.41, 5.74) is 5.34. The molecular formula is C8H17ClFN3O. The molecule has 1 rings (SSSR count). The lowest BCUT2D eigenvalue weighted by Crippen LogP contribution is -2.43. The van der Waals surface area contributed by atoms with Gasteiger partial charge in [-0.1, -0.05) is 0 Å². The fourth-order valence-corrected chi connectivity index (χ4v) is 1.31. The SMILES string of the molecule is C[C@H](N)C(=O)NC[C@@H]1C[C@H](F)CN1.Cl. The fraction of sp³-hybridized carbons (Fsp3) is 0.875. The molecule has 4 N–H and O–H groups in total. The highest BCUT2D eigenvalue weighted by Crippen LogP contribution is 2.08. The zero-order chi connectivity index (χ0) is 9.84. The molecule has 4 nitrogen and oxygen atoms in total. The minimum atomic E-state index is -0.780. The second-order valence-corrected chi connectivity index (χ2v) is 3.47. The first-order chi connectivity index (χ1) is 6.09. The summed E-state index contributed by atoms with van der Waals surface area (Å²) in [6.45, 7) is 2.47. The summed E-state index contributed by atoms with van der Waals surface area (Å²) < 4.78 is 12.7. The van der Waals surface area contributed by atoms with Gasteiger partial charge in [0, 0.05) is 19.1 Å². The van der Waals surface area contributed by atoms with Gasteiger partial charge >= 0.3 is 0 Å².